The molecule has 2 rings (SSSR count). The molecule has 0 saturated carbocycles. The monoisotopic (exact) mass is 280 g/mol. The van der Waals surface area contributed by atoms with Crippen LogP contribution >= 0.6 is 11.8 Å². The summed E-state index contributed by atoms with van der Waals surface area (Å²) in [5.41, 5.74) is -0.0143. The summed E-state index contributed by atoms with van der Waals surface area (Å²) in [6.45, 7) is 1.77. The van der Waals surface area contributed by atoms with Gasteiger partial charge in [-0.1, -0.05) is 0 Å². The first-order valence-corrected chi connectivity index (χ1v) is 6.24. The zero-order valence-electron chi connectivity index (χ0n) is 10.4. The maximum atomic E-state index is 11.2. The summed E-state index contributed by atoms with van der Waals surface area (Å²) in [4.78, 5) is 30.2. The lowest BCUT2D eigenvalue weighted by molar-refractivity contribution is 0.281. The van der Waals surface area contributed by atoms with Gasteiger partial charge in [0.2, 0.25) is 0 Å². The van der Waals surface area contributed by atoms with Gasteiger partial charge in [0, 0.05) is 13.2 Å². The highest BCUT2D eigenvalue weighted by molar-refractivity contribution is 7.99. The van der Waals surface area contributed by atoms with Gasteiger partial charge in [0.15, 0.2) is 5.16 Å². The molecular weight excluding hydrogens is 268 g/mol. The molecule has 0 aliphatic rings. The standard InChI is InChI=1S/C11H12N4O3S/c1-6-3-7(5-16)4-12-10(6)19-11-13-8(17)9(18)14-15(11)2/h3-4,16H,5H2,1-2H3,(H,14,18). The van der Waals surface area contributed by atoms with E-state index in [1.807, 2.05) is 6.92 Å². The Balaban J connectivity index is 2.39. The SMILES string of the molecule is Cc1cc(CO)cnc1Sc1nc(=O)c(=O)[nH]n1C. The van der Waals surface area contributed by atoms with Gasteiger partial charge < -0.3 is 5.11 Å². The number of aryl methyl sites for hydroxylation is 2. The van der Waals surface area contributed by atoms with Gasteiger partial charge in [-0.25, -0.2) is 4.98 Å². The number of nitrogens with zero attached hydrogens (tertiary/aromatic N) is 3. The minimum Gasteiger partial charge on any atom is -0.392 e. The summed E-state index contributed by atoms with van der Waals surface area (Å²) in [7, 11) is 1.59. The summed E-state index contributed by atoms with van der Waals surface area (Å²) in [5.74, 6) is 0. The highest BCUT2D eigenvalue weighted by Gasteiger charge is 2.09. The Bertz CT molecular complexity index is 723. The molecule has 19 heavy (non-hydrogen) atoms. The van der Waals surface area contributed by atoms with Crippen LogP contribution < -0.4 is 11.1 Å². The van der Waals surface area contributed by atoms with Gasteiger partial charge in [-0.3, -0.25) is 19.4 Å². The molecule has 0 aliphatic heterocycles. The predicted molar refractivity (Wildman–Crippen MR) is 69.1 cm³/mol. The molecular formula is C11H12N4O3S. The van der Waals surface area contributed by atoms with Gasteiger partial charge in [-0.05, 0) is 35.9 Å². The molecule has 8 heteroatoms. The topological polar surface area (TPSA) is 101 Å². The van der Waals surface area contributed by atoms with E-state index in [0.29, 0.717) is 15.7 Å². The second-order valence-electron chi connectivity index (χ2n) is 3.93. The molecule has 2 N–H and O–H groups in total. The molecule has 0 aliphatic carbocycles. The van der Waals surface area contributed by atoms with E-state index in [9.17, 15) is 9.59 Å². The van der Waals surface area contributed by atoms with E-state index >= 15 is 0 Å². The van der Waals surface area contributed by atoms with Crippen molar-refractivity contribution in [1.29, 1.82) is 0 Å². The van der Waals surface area contributed by atoms with Crippen LogP contribution in [-0.2, 0) is 13.7 Å². The van der Waals surface area contributed by atoms with Crippen LogP contribution in [0.3, 0.4) is 0 Å². The first kappa shape index (κ1) is 13.5. The van der Waals surface area contributed by atoms with Crippen molar-refractivity contribution in [3.05, 3.63) is 44.1 Å². The van der Waals surface area contributed by atoms with E-state index < -0.39 is 11.1 Å². The van der Waals surface area contributed by atoms with Crippen LogP contribution in [-0.4, -0.2) is 24.9 Å². The highest BCUT2D eigenvalue weighted by atomic mass is 32.2. The van der Waals surface area contributed by atoms with E-state index in [-0.39, 0.29) is 6.61 Å². The van der Waals surface area contributed by atoms with Crippen LogP contribution in [0.15, 0.2) is 32.0 Å². The summed E-state index contributed by atoms with van der Waals surface area (Å²) >= 11 is 1.17. The first-order valence-electron chi connectivity index (χ1n) is 5.43. The lowest BCUT2D eigenvalue weighted by atomic mass is 10.2. The third-order valence-corrected chi connectivity index (χ3v) is 3.57. The van der Waals surface area contributed by atoms with E-state index in [4.69, 9.17) is 5.11 Å². The van der Waals surface area contributed by atoms with Crippen molar-refractivity contribution >= 4 is 11.8 Å². The molecule has 0 fully saturated rings. The maximum absolute atomic E-state index is 11.2. The van der Waals surface area contributed by atoms with Gasteiger partial charge in [0.25, 0.3) is 0 Å². The molecule has 7 nitrogen and oxygen atoms in total. The van der Waals surface area contributed by atoms with Crippen molar-refractivity contribution in [1.82, 2.24) is 19.7 Å². The second-order valence-corrected chi connectivity index (χ2v) is 4.88. The van der Waals surface area contributed by atoms with Gasteiger partial charge in [-0.15, -0.1) is 0 Å². The minimum atomic E-state index is -0.828. The molecule has 100 valence electrons. The van der Waals surface area contributed by atoms with Crippen molar-refractivity contribution in [2.24, 2.45) is 7.05 Å². The third-order valence-electron chi connectivity index (χ3n) is 2.41. The van der Waals surface area contributed by atoms with E-state index in [1.165, 1.54) is 16.4 Å². The Labute approximate surface area is 112 Å². The largest absolute Gasteiger partial charge is 0.392 e. The van der Waals surface area contributed by atoms with E-state index in [2.05, 4.69) is 15.1 Å². The van der Waals surface area contributed by atoms with Crippen molar-refractivity contribution in [2.75, 3.05) is 0 Å². The van der Waals surface area contributed by atoms with Gasteiger partial charge in [-0.2, -0.15) is 4.98 Å². The quantitative estimate of drug-likeness (QED) is 0.756. The number of pyridine rings is 1. The highest BCUT2D eigenvalue weighted by Crippen LogP contribution is 2.25. The van der Waals surface area contributed by atoms with Gasteiger partial charge in [0.1, 0.15) is 5.03 Å². The van der Waals surface area contributed by atoms with Crippen LogP contribution in [0.1, 0.15) is 11.1 Å². The maximum Gasteiger partial charge on any atom is 0.339 e. The summed E-state index contributed by atoms with van der Waals surface area (Å²) < 4.78 is 1.37. The van der Waals surface area contributed by atoms with Crippen molar-refractivity contribution < 1.29 is 5.11 Å². The fourth-order valence-electron chi connectivity index (χ4n) is 1.45. The van der Waals surface area contributed by atoms with Gasteiger partial charge >= 0.3 is 11.1 Å². The predicted octanol–water partition coefficient (Wildman–Crippen LogP) is -0.184. The molecule has 2 heterocycles. The third kappa shape index (κ3) is 2.91. The van der Waals surface area contributed by atoms with Crippen molar-refractivity contribution in [3.63, 3.8) is 0 Å². The molecule has 2 aromatic rings. The van der Waals surface area contributed by atoms with Crippen LogP contribution in [0, 0.1) is 6.92 Å². The number of nitrogens with one attached hydrogen (secondary N) is 1. The molecule has 0 saturated heterocycles. The average Bonchev–Trinajstić information content (AvgIpc) is 2.38. The molecule has 0 radical (unpaired) electrons. The molecule has 0 bridgehead atoms. The smallest absolute Gasteiger partial charge is 0.339 e. The molecule has 2 aromatic heterocycles. The summed E-state index contributed by atoms with van der Waals surface area (Å²) in [6, 6.07) is 1.80. The minimum absolute atomic E-state index is 0.0752. The number of aliphatic hydroxyl groups is 1. The lowest BCUT2D eigenvalue weighted by Gasteiger charge is -2.08. The van der Waals surface area contributed by atoms with E-state index in [0.717, 1.165) is 5.56 Å². The molecule has 0 atom stereocenters. The molecule has 0 unspecified atom stereocenters. The summed E-state index contributed by atoms with van der Waals surface area (Å²) in [6.07, 6.45) is 1.55. The number of aromatic amines is 1. The Morgan fingerprint density at radius 2 is 2.21 bits per heavy atom. The zero-order chi connectivity index (χ0) is 14.0. The molecule has 0 aromatic carbocycles. The van der Waals surface area contributed by atoms with Crippen LogP contribution in [0.5, 0.6) is 0 Å². The normalized spacial score (nSPS) is 10.7. The van der Waals surface area contributed by atoms with Crippen LogP contribution in [0.4, 0.5) is 0 Å². The Kier molecular flexibility index (Phi) is 3.82. The lowest BCUT2D eigenvalue weighted by Crippen LogP contribution is -2.33. The number of rotatable bonds is 3. The number of aromatic nitrogens is 4. The molecule has 0 amide bonds. The van der Waals surface area contributed by atoms with Gasteiger partial charge in [0.05, 0.1) is 6.61 Å². The Morgan fingerprint density at radius 1 is 1.47 bits per heavy atom. The fraction of sp³-hybridized carbons (Fsp3) is 0.273. The fourth-order valence-corrected chi connectivity index (χ4v) is 2.26. The molecule has 0 spiro atoms. The zero-order valence-corrected chi connectivity index (χ0v) is 11.2. The summed E-state index contributed by atoms with van der Waals surface area (Å²) in [5, 5.41) is 12.4. The number of hydrogen-bond donors (Lipinski definition) is 2. The first-order chi connectivity index (χ1) is 9.01. The number of aliphatic hydroxyl groups excluding tert-OH is 1. The second kappa shape index (κ2) is 5.37. The van der Waals surface area contributed by atoms with Crippen LogP contribution in [0.25, 0.3) is 0 Å². The Hall–Kier alpha value is -1.93. The Morgan fingerprint density at radius 3 is 2.84 bits per heavy atom. The van der Waals surface area contributed by atoms with Crippen LogP contribution in [0.2, 0.25) is 0 Å². The number of H-pyrrole nitrogens is 1. The number of hydrogen-bond acceptors (Lipinski definition) is 6. The van der Waals surface area contributed by atoms with Crippen molar-refractivity contribution in [2.45, 2.75) is 23.7 Å². The average molecular weight is 280 g/mol. The van der Waals surface area contributed by atoms with E-state index in [1.54, 1.807) is 19.3 Å². The van der Waals surface area contributed by atoms with Crippen molar-refractivity contribution in [3.8, 4) is 0 Å².